The lowest BCUT2D eigenvalue weighted by molar-refractivity contribution is -0.139. The third-order valence-corrected chi connectivity index (χ3v) is 8.76. The third kappa shape index (κ3) is 7.03. The summed E-state index contributed by atoms with van der Waals surface area (Å²) in [6, 6.07) is 4.75. The van der Waals surface area contributed by atoms with Gasteiger partial charge in [0.15, 0.2) is 0 Å². The zero-order chi connectivity index (χ0) is 28.6. The van der Waals surface area contributed by atoms with Gasteiger partial charge in [0.2, 0.25) is 10.0 Å². The van der Waals surface area contributed by atoms with Crippen molar-refractivity contribution in [3.63, 3.8) is 0 Å². The van der Waals surface area contributed by atoms with Gasteiger partial charge in [-0.25, -0.2) is 13.1 Å². The Morgan fingerprint density at radius 1 is 1.05 bits per heavy atom. The lowest BCUT2D eigenvalue weighted by atomic mass is 10.1. The number of hydrogen-bond acceptors (Lipinski definition) is 5. The first-order chi connectivity index (χ1) is 18.2. The van der Waals surface area contributed by atoms with Gasteiger partial charge in [0.1, 0.15) is 0 Å². The van der Waals surface area contributed by atoms with E-state index in [1.165, 1.54) is 6.07 Å². The van der Waals surface area contributed by atoms with Crippen LogP contribution in [0.2, 0.25) is 0 Å². The van der Waals surface area contributed by atoms with Crippen LogP contribution in [0.1, 0.15) is 61.6 Å². The molecule has 216 valence electrons. The van der Waals surface area contributed by atoms with E-state index in [9.17, 15) is 26.4 Å². The zero-order valence-corrected chi connectivity index (χ0v) is 23.5. The Morgan fingerprint density at radius 2 is 1.72 bits per heavy atom. The lowest BCUT2D eigenvalue weighted by Crippen LogP contribution is -2.41. The summed E-state index contributed by atoms with van der Waals surface area (Å²) in [7, 11) is -4.46. The number of benzene rings is 1. The van der Waals surface area contributed by atoms with Crippen LogP contribution in [0.3, 0.4) is 0 Å². The van der Waals surface area contributed by atoms with E-state index < -0.39 is 32.2 Å². The molecule has 2 aliphatic rings. The molecule has 2 saturated heterocycles. The van der Waals surface area contributed by atoms with Crippen LogP contribution in [0.25, 0.3) is 11.3 Å². The summed E-state index contributed by atoms with van der Waals surface area (Å²) in [5, 5.41) is 3.02. The minimum absolute atomic E-state index is 0.0441. The average Bonchev–Trinajstić information content (AvgIpc) is 3.46. The van der Waals surface area contributed by atoms with Crippen LogP contribution in [-0.4, -0.2) is 56.9 Å². The molecule has 12 heteroatoms. The quantitative estimate of drug-likeness (QED) is 0.510. The lowest BCUT2D eigenvalue weighted by Gasteiger charge is -2.23. The molecule has 4 rings (SSSR count). The van der Waals surface area contributed by atoms with Gasteiger partial charge in [-0.2, -0.15) is 13.2 Å². The largest absolute Gasteiger partial charge is 0.417 e. The van der Waals surface area contributed by atoms with E-state index in [1.54, 1.807) is 33.8 Å². The normalized spacial score (nSPS) is 19.4. The number of ether oxygens (including phenoxy) is 2. The number of amides is 1. The Morgan fingerprint density at radius 3 is 2.31 bits per heavy atom. The topological polar surface area (TPSA) is 98.7 Å². The molecule has 0 aliphatic carbocycles. The van der Waals surface area contributed by atoms with E-state index in [2.05, 4.69) is 10.0 Å². The molecule has 2 fully saturated rings. The number of carbonyl (C=O) groups is 1. The van der Waals surface area contributed by atoms with Crippen LogP contribution in [0.15, 0.2) is 29.2 Å². The van der Waals surface area contributed by atoms with Crippen LogP contribution < -0.4 is 10.0 Å². The van der Waals surface area contributed by atoms with Crippen molar-refractivity contribution in [2.75, 3.05) is 26.4 Å². The first-order valence-corrected chi connectivity index (χ1v) is 14.6. The second-order valence-electron chi connectivity index (χ2n) is 11.3. The van der Waals surface area contributed by atoms with E-state index in [4.69, 9.17) is 9.47 Å². The van der Waals surface area contributed by atoms with Gasteiger partial charge in [-0.05, 0) is 70.7 Å². The molecule has 39 heavy (non-hydrogen) atoms. The van der Waals surface area contributed by atoms with Crippen molar-refractivity contribution in [3.8, 4) is 11.3 Å². The van der Waals surface area contributed by atoms with Gasteiger partial charge >= 0.3 is 6.18 Å². The second kappa shape index (κ2) is 11.2. The van der Waals surface area contributed by atoms with Crippen molar-refractivity contribution in [1.82, 2.24) is 14.6 Å². The summed E-state index contributed by atoms with van der Waals surface area (Å²) < 4.78 is 83.5. The number of alkyl halides is 3. The number of sulfonamides is 1. The van der Waals surface area contributed by atoms with Crippen molar-refractivity contribution in [1.29, 1.82) is 0 Å². The number of halogens is 3. The minimum Gasteiger partial charge on any atom is -0.381 e. The molecule has 1 aromatic heterocycles. The van der Waals surface area contributed by atoms with Crippen LogP contribution in [0.4, 0.5) is 13.2 Å². The Labute approximate surface area is 227 Å². The number of nitrogens with zero attached hydrogens (tertiary/aromatic N) is 1. The number of hydrogen-bond donors (Lipinski definition) is 2. The fourth-order valence-corrected chi connectivity index (χ4v) is 6.67. The standard InChI is InChI=1S/C27H36F3N3O5S/c1-17-21(25(34)31-20-8-11-37-12-9-20)14-23(33(17)15-18-7-10-38-16-18)19-5-6-24(22(13-19)27(28,29)30)39(35,36)32-26(2,3)4/h5-6,13-14,18,20,32H,7-12,15-16H2,1-4H3,(H,31,34). The molecule has 0 saturated carbocycles. The fraction of sp³-hybridized carbons (Fsp3) is 0.593. The average molecular weight is 572 g/mol. The Bertz CT molecular complexity index is 1300. The van der Waals surface area contributed by atoms with Crippen molar-refractivity contribution in [2.45, 2.75) is 76.2 Å². The van der Waals surface area contributed by atoms with Crippen LogP contribution in [0, 0.1) is 12.8 Å². The molecule has 1 unspecified atom stereocenters. The molecular weight excluding hydrogens is 535 g/mol. The summed E-state index contributed by atoms with van der Waals surface area (Å²) in [4.78, 5) is 12.4. The van der Waals surface area contributed by atoms with Crippen LogP contribution in [0.5, 0.6) is 0 Å². The molecular formula is C27H36F3N3O5S. The maximum atomic E-state index is 14.2. The highest BCUT2D eigenvalue weighted by Gasteiger charge is 2.39. The number of aromatic nitrogens is 1. The van der Waals surface area contributed by atoms with Gasteiger partial charge in [-0.1, -0.05) is 6.07 Å². The first-order valence-electron chi connectivity index (χ1n) is 13.1. The molecule has 3 heterocycles. The van der Waals surface area contributed by atoms with Crippen molar-refractivity contribution >= 4 is 15.9 Å². The van der Waals surface area contributed by atoms with Gasteiger partial charge in [0.25, 0.3) is 5.91 Å². The highest BCUT2D eigenvalue weighted by atomic mass is 32.2. The number of rotatable bonds is 7. The Kier molecular flexibility index (Phi) is 8.51. The molecule has 2 aliphatic heterocycles. The molecule has 1 amide bonds. The van der Waals surface area contributed by atoms with Crippen molar-refractivity contribution in [3.05, 3.63) is 41.1 Å². The van der Waals surface area contributed by atoms with Crippen LogP contribution in [-0.2, 0) is 32.2 Å². The Hall–Kier alpha value is -2.41. The molecule has 2 aromatic rings. The monoisotopic (exact) mass is 571 g/mol. The summed E-state index contributed by atoms with van der Waals surface area (Å²) >= 11 is 0. The zero-order valence-electron chi connectivity index (χ0n) is 22.7. The van der Waals surface area contributed by atoms with Gasteiger partial charge in [-0.15, -0.1) is 0 Å². The molecule has 0 spiro atoms. The summed E-state index contributed by atoms with van der Waals surface area (Å²) in [6.07, 6.45) is -2.76. The van der Waals surface area contributed by atoms with Gasteiger partial charge in [0, 0.05) is 55.3 Å². The minimum atomic E-state index is -4.92. The maximum Gasteiger partial charge on any atom is 0.417 e. The summed E-state index contributed by atoms with van der Waals surface area (Å²) in [5.74, 6) is -0.161. The van der Waals surface area contributed by atoms with Gasteiger partial charge < -0.3 is 19.4 Å². The third-order valence-electron chi connectivity index (χ3n) is 6.94. The summed E-state index contributed by atoms with van der Waals surface area (Å²) in [6.45, 7) is 9.13. The molecule has 0 bridgehead atoms. The van der Waals surface area contributed by atoms with Crippen molar-refractivity contribution < 1.29 is 35.9 Å². The highest BCUT2D eigenvalue weighted by Crippen LogP contribution is 2.38. The molecule has 8 nitrogen and oxygen atoms in total. The van der Waals surface area contributed by atoms with Crippen molar-refractivity contribution in [2.24, 2.45) is 5.92 Å². The maximum absolute atomic E-state index is 14.2. The molecule has 1 aromatic carbocycles. The van der Waals surface area contributed by atoms with E-state index >= 15 is 0 Å². The Balaban J connectivity index is 1.79. The van der Waals surface area contributed by atoms with Gasteiger partial charge in [0.05, 0.1) is 22.6 Å². The number of carbonyl (C=O) groups excluding carboxylic acids is 1. The smallest absolute Gasteiger partial charge is 0.381 e. The number of nitrogens with one attached hydrogen (secondary N) is 2. The predicted octanol–water partition coefficient (Wildman–Crippen LogP) is 4.50. The molecule has 1 atom stereocenters. The molecule has 0 radical (unpaired) electrons. The van der Waals surface area contributed by atoms with E-state index in [0.717, 1.165) is 18.6 Å². The highest BCUT2D eigenvalue weighted by molar-refractivity contribution is 7.89. The van der Waals surface area contributed by atoms with E-state index in [0.29, 0.717) is 62.8 Å². The van der Waals surface area contributed by atoms with Gasteiger partial charge in [-0.3, -0.25) is 4.79 Å². The van der Waals surface area contributed by atoms with Crippen LogP contribution >= 0.6 is 0 Å². The fourth-order valence-electron chi connectivity index (χ4n) is 5.04. The second-order valence-corrected chi connectivity index (χ2v) is 12.9. The van der Waals surface area contributed by atoms with E-state index in [1.807, 2.05) is 4.57 Å². The SMILES string of the molecule is Cc1c(C(=O)NC2CCOCC2)cc(-c2ccc(S(=O)(=O)NC(C)(C)C)c(C(F)(F)F)c2)n1CC1CCOC1. The van der Waals surface area contributed by atoms with E-state index in [-0.39, 0.29) is 23.4 Å². The summed E-state index contributed by atoms with van der Waals surface area (Å²) in [5.41, 5.74) is -0.655. The molecule has 2 N–H and O–H groups in total. The predicted molar refractivity (Wildman–Crippen MR) is 140 cm³/mol. The first kappa shape index (κ1) is 29.6.